The molecular weight excluding hydrogens is 264 g/mol. The van der Waals surface area contributed by atoms with Crippen molar-refractivity contribution in [3.8, 4) is 0 Å². The first-order chi connectivity index (χ1) is 10.3. The van der Waals surface area contributed by atoms with Gasteiger partial charge in [0.2, 0.25) is 0 Å². The number of nitrogens with one attached hydrogen (secondary N) is 1. The second-order valence-corrected chi connectivity index (χ2v) is 5.16. The van der Waals surface area contributed by atoms with Gasteiger partial charge in [-0.2, -0.15) is 0 Å². The SMILES string of the molecule is COCC(CCCN)Nc1cccc(Cn2ccnc2)c1. The molecule has 0 saturated heterocycles. The first-order valence-electron chi connectivity index (χ1n) is 7.32. The average molecular weight is 288 g/mol. The van der Waals surface area contributed by atoms with Gasteiger partial charge in [0.25, 0.3) is 0 Å². The van der Waals surface area contributed by atoms with Crippen LogP contribution in [0.4, 0.5) is 5.69 Å². The Labute approximate surface area is 126 Å². The smallest absolute Gasteiger partial charge is 0.0949 e. The van der Waals surface area contributed by atoms with E-state index in [1.165, 1.54) is 5.56 Å². The van der Waals surface area contributed by atoms with Gasteiger partial charge in [-0.15, -0.1) is 0 Å². The predicted molar refractivity (Wildman–Crippen MR) is 85.3 cm³/mol. The number of methoxy groups -OCH3 is 1. The molecule has 21 heavy (non-hydrogen) atoms. The Bertz CT molecular complexity index is 513. The average Bonchev–Trinajstić information content (AvgIpc) is 2.98. The van der Waals surface area contributed by atoms with Gasteiger partial charge in [-0.25, -0.2) is 4.98 Å². The summed E-state index contributed by atoms with van der Waals surface area (Å²) in [5.74, 6) is 0. The normalized spacial score (nSPS) is 12.3. The molecule has 1 heterocycles. The number of rotatable bonds is 9. The summed E-state index contributed by atoms with van der Waals surface area (Å²) in [7, 11) is 1.73. The van der Waals surface area contributed by atoms with Crippen molar-refractivity contribution in [1.82, 2.24) is 9.55 Å². The van der Waals surface area contributed by atoms with E-state index in [2.05, 4.69) is 39.1 Å². The molecule has 0 radical (unpaired) electrons. The van der Waals surface area contributed by atoms with E-state index in [1.54, 1.807) is 13.3 Å². The van der Waals surface area contributed by atoms with Gasteiger partial charge in [-0.1, -0.05) is 12.1 Å². The van der Waals surface area contributed by atoms with Gasteiger partial charge in [0, 0.05) is 37.8 Å². The summed E-state index contributed by atoms with van der Waals surface area (Å²) in [6.07, 6.45) is 7.60. The lowest BCUT2D eigenvalue weighted by molar-refractivity contribution is 0.182. The van der Waals surface area contributed by atoms with Crippen LogP contribution in [-0.4, -0.2) is 35.9 Å². The van der Waals surface area contributed by atoms with E-state index in [1.807, 2.05) is 12.5 Å². The van der Waals surface area contributed by atoms with E-state index in [9.17, 15) is 0 Å². The highest BCUT2D eigenvalue weighted by molar-refractivity contribution is 5.46. The third-order valence-electron chi connectivity index (χ3n) is 3.35. The minimum absolute atomic E-state index is 0.294. The molecule has 2 aromatic rings. The molecule has 0 bridgehead atoms. The van der Waals surface area contributed by atoms with Gasteiger partial charge in [-0.3, -0.25) is 0 Å². The van der Waals surface area contributed by atoms with Gasteiger partial charge in [0.05, 0.1) is 12.9 Å². The lowest BCUT2D eigenvalue weighted by atomic mass is 10.1. The maximum absolute atomic E-state index is 5.59. The molecule has 1 aromatic carbocycles. The Morgan fingerprint density at radius 1 is 1.43 bits per heavy atom. The molecule has 0 fully saturated rings. The van der Waals surface area contributed by atoms with Gasteiger partial charge >= 0.3 is 0 Å². The fraction of sp³-hybridized carbons (Fsp3) is 0.438. The molecule has 1 aromatic heterocycles. The molecule has 0 aliphatic rings. The fourth-order valence-electron chi connectivity index (χ4n) is 2.35. The number of benzene rings is 1. The van der Waals surface area contributed by atoms with Crippen molar-refractivity contribution in [2.45, 2.75) is 25.4 Å². The summed E-state index contributed by atoms with van der Waals surface area (Å²) in [5.41, 5.74) is 7.95. The number of anilines is 1. The number of nitrogens with two attached hydrogens (primary N) is 1. The lowest BCUT2D eigenvalue weighted by Gasteiger charge is -2.19. The highest BCUT2D eigenvalue weighted by atomic mass is 16.5. The van der Waals surface area contributed by atoms with Crippen LogP contribution in [0.2, 0.25) is 0 Å². The van der Waals surface area contributed by atoms with E-state index in [4.69, 9.17) is 10.5 Å². The zero-order chi connectivity index (χ0) is 14.9. The van der Waals surface area contributed by atoms with Gasteiger partial charge in [-0.05, 0) is 37.1 Å². The maximum atomic E-state index is 5.59. The standard InChI is InChI=1S/C16H24N4O/c1-21-12-16(6-3-7-17)19-15-5-2-4-14(10-15)11-20-9-8-18-13-20/h2,4-5,8-10,13,16,19H,3,6-7,11-12,17H2,1H3. The Balaban J connectivity index is 1.98. The number of ether oxygens (including phenoxy) is 1. The molecular formula is C16H24N4O. The molecule has 114 valence electrons. The zero-order valence-electron chi connectivity index (χ0n) is 12.5. The quantitative estimate of drug-likeness (QED) is 0.741. The molecule has 0 saturated carbocycles. The van der Waals surface area contributed by atoms with Gasteiger partial charge in [0.1, 0.15) is 0 Å². The first-order valence-corrected chi connectivity index (χ1v) is 7.32. The molecule has 1 atom stereocenters. The Morgan fingerprint density at radius 2 is 2.33 bits per heavy atom. The predicted octanol–water partition coefficient (Wildman–Crippen LogP) is 2.10. The Kier molecular flexibility index (Phi) is 6.24. The summed E-state index contributed by atoms with van der Waals surface area (Å²) in [6.45, 7) is 2.22. The van der Waals surface area contributed by atoms with Crippen molar-refractivity contribution in [3.05, 3.63) is 48.5 Å². The number of hydrogen-bond acceptors (Lipinski definition) is 4. The highest BCUT2D eigenvalue weighted by Gasteiger charge is 2.08. The van der Waals surface area contributed by atoms with Crippen LogP contribution < -0.4 is 11.1 Å². The van der Waals surface area contributed by atoms with E-state index >= 15 is 0 Å². The number of imidazole rings is 1. The second-order valence-electron chi connectivity index (χ2n) is 5.16. The molecule has 2 rings (SSSR count). The van der Waals surface area contributed by atoms with Crippen LogP contribution >= 0.6 is 0 Å². The minimum atomic E-state index is 0.294. The molecule has 0 aliphatic heterocycles. The van der Waals surface area contributed by atoms with Crippen molar-refractivity contribution in [2.24, 2.45) is 5.73 Å². The maximum Gasteiger partial charge on any atom is 0.0949 e. The molecule has 0 amide bonds. The zero-order valence-corrected chi connectivity index (χ0v) is 12.5. The number of nitrogens with zero attached hydrogens (tertiary/aromatic N) is 2. The van der Waals surface area contributed by atoms with Crippen molar-refractivity contribution in [2.75, 3.05) is 25.6 Å². The van der Waals surface area contributed by atoms with E-state index in [0.717, 1.165) is 25.1 Å². The third kappa shape index (κ3) is 5.21. The summed E-state index contributed by atoms with van der Waals surface area (Å²) in [4.78, 5) is 4.07. The molecule has 5 heteroatoms. The summed E-state index contributed by atoms with van der Waals surface area (Å²) >= 11 is 0. The monoisotopic (exact) mass is 288 g/mol. The molecule has 0 aliphatic carbocycles. The van der Waals surface area contributed by atoms with Crippen LogP contribution in [0.3, 0.4) is 0 Å². The minimum Gasteiger partial charge on any atom is -0.383 e. The summed E-state index contributed by atoms with van der Waals surface area (Å²) in [5, 5.41) is 3.53. The first kappa shape index (κ1) is 15.5. The van der Waals surface area contributed by atoms with Crippen LogP contribution in [0.1, 0.15) is 18.4 Å². The van der Waals surface area contributed by atoms with Crippen LogP contribution in [0.25, 0.3) is 0 Å². The molecule has 0 spiro atoms. The van der Waals surface area contributed by atoms with Crippen LogP contribution in [-0.2, 0) is 11.3 Å². The highest BCUT2D eigenvalue weighted by Crippen LogP contribution is 2.14. The lowest BCUT2D eigenvalue weighted by Crippen LogP contribution is -2.25. The molecule has 3 N–H and O–H groups in total. The number of aromatic nitrogens is 2. The fourth-order valence-corrected chi connectivity index (χ4v) is 2.35. The van der Waals surface area contributed by atoms with Crippen LogP contribution in [0, 0.1) is 0 Å². The van der Waals surface area contributed by atoms with Crippen molar-refractivity contribution in [1.29, 1.82) is 0 Å². The summed E-state index contributed by atoms with van der Waals surface area (Å²) < 4.78 is 7.33. The third-order valence-corrected chi connectivity index (χ3v) is 3.35. The van der Waals surface area contributed by atoms with Crippen molar-refractivity contribution in [3.63, 3.8) is 0 Å². The Hall–Kier alpha value is -1.85. The largest absolute Gasteiger partial charge is 0.383 e. The van der Waals surface area contributed by atoms with Crippen molar-refractivity contribution >= 4 is 5.69 Å². The molecule has 1 unspecified atom stereocenters. The van der Waals surface area contributed by atoms with Crippen LogP contribution in [0.5, 0.6) is 0 Å². The van der Waals surface area contributed by atoms with E-state index in [-0.39, 0.29) is 0 Å². The van der Waals surface area contributed by atoms with Crippen molar-refractivity contribution < 1.29 is 4.74 Å². The Morgan fingerprint density at radius 3 is 3.05 bits per heavy atom. The molecule has 5 nitrogen and oxygen atoms in total. The second kappa shape index (κ2) is 8.44. The van der Waals surface area contributed by atoms with Gasteiger partial charge < -0.3 is 20.4 Å². The van der Waals surface area contributed by atoms with Gasteiger partial charge in [0.15, 0.2) is 0 Å². The number of hydrogen-bond donors (Lipinski definition) is 2. The summed E-state index contributed by atoms with van der Waals surface area (Å²) in [6, 6.07) is 8.74. The van der Waals surface area contributed by atoms with E-state index < -0.39 is 0 Å². The topological polar surface area (TPSA) is 65.1 Å². The van der Waals surface area contributed by atoms with Crippen LogP contribution in [0.15, 0.2) is 43.0 Å². The van der Waals surface area contributed by atoms with E-state index in [0.29, 0.717) is 19.2 Å².